The van der Waals surface area contributed by atoms with Crippen LogP contribution in [0, 0.1) is 5.82 Å². The third-order valence-corrected chi connectivity index (χ3v) is 3.35. The number of anilines is 1. The van der Waals surface area contributed by atoms with E-state index in [1.807, 2.05) is 0 Å². The minimum absolute atomic E-state index is 0.109. The first-order valence-electron chi connectivity index (χ1n) is 6.12. The Morgan fingerprint density at radius 3 is 2.95 bits per heavy atom. The summed E-state index contributed by atoms with van der Waals surface area (Å²) in [5.74, 6) is -1.42. The lowest BCUT2D eigenvalue weighted by Gasteiger charge is -2.11. The van der Waals surface area contributed by atoms with E-state index in [0.717, 1.165) is 0 Å². The van der Waals surface area contributed by atoms with Gasteiger partial charge in [-0.05, 0) is 13.0 Å². The summed E-state index contributed by atoms with van der Waals surface area (Å²) < 4.78 is 19.4. The van der Waals surface area contributed by atoms with Gasteiger partial charge in [0.2, 0.25) is 5.91 Å². The van der Waals surface area contributed by atoms with E-state index in [2.05, 4.69) is 15.3 Å². The molecule has 0 bridgehead atoms. The van der Waals surface area contributed by atoms with Crippen molar-refractivity contribution in [1.29, 1.82) is 0 Å². The van der Waals surface area contributed by atoms with Gasteiger partial charge in [-0.1, -0.05) is 6.07 Å². The fourth-order valence-corrected chi connectivity index (χ4v) is 2.31. The first kappa shape index (κ1) is 12.5. The zero-order valence-electron chi connectivity index (χ0n) is 11.0. The highest BCUT2D eigenvalue weighted by molar-refractivity contribution is 6.02. The van der Waals surface area contributed by atoms with Gasteiger partial charge in [0.25, 0.3) is 5.88 Å². The average Bonchev–Trinajstić information content (AvgIpc) is 2.57. The lowest BCUT2D eigenvalue weighted by Crippen LogP contribution is -2.18. The molecule has 6 heteroatoms. The van der Waals surface area contributed by atoms with Gasteiger partial charge in [0.1, 0.15) is 0 Å². The second-order valence-electron chi connectivity index (χ2n) is 4.52. The molecule has 0 radical (unpaired) electrons. The fraction of sp³-hybridized carbons (Fsp3) is 0.214. The van der Waals surface area contributed by atoms with Crippen LogP contribution in [-0.2, 0) is 4.79 Å². The lowest BCUT2D eigenvalue weighted by atomic mass is 9.98. The van der Waals surface area contributed by atoms with Crippen LogP contribution in [0.3, 0.4) is 0 Å². The Kier molecular flexibility index (Phi) is 2.85. The van der Waals surface area contributed by atoms with Gasteiger partial charge in [-0.2, -0.15) is 0 Å². The fourth-order valence-electron chi connectivity index (χ4n) is 2.31. The molecule has 1 aliphatic heterocycles. The van der Waals surface area contributed by atoms with E-state index in [-0.39, 0.29) is 17.4 Å². The predicted octanol–water partition coefficient (Wildman–Crippen LogP) is 2.35. The number of carbonyl (C=O) groups is 1. The van der Waals surface area contributed by atoms with Crippen LogP contribution in [0.2, 0.25) is 0 Å². The zero-order valence-corrected chi connectivity index (χ0v) is 11.0. The number of nitrogens with zero attached hydrogens (tertiary/aromatic N) is 2. The van der Waals surface area contributed by atoms with Crippen molar-refractivity contribution in [3.8, 4) is 17.0 Å². The summed E-state index contributed by atoms with van der Waals surface area (Å²) >= 11 is 0. The molecule has 0 aromatic carbocycles. The molecule has 0 fully saturated rings. The van der Waals surface area contributed by atoms with Gasteiger partial charge in [0.05, 0.1) is 36.2 Å². The SMILES string of the molecule is COc1ncc2c(c1F)-c1cccnc1C(C)C(=O)N2. The largest absolute Gasteiger partial charge is 0.479 e. The molecule has 3 heterocycles. The number of hydrogen-bond acceptors (Lipinski definition) is 4. The topological polar surface area (TPSA) is 64.1 Å². The first-order valence-corrected chi connectivity index (χ1v) is 6.12. The molecule has 2 aromatic heterocycles. The maximum atomic E-state index is 14.5. The molecule has 0 aliphatic carbocycles. The summed E-state index contributed by atoms with van der Waals surface area (Å²) in [4.78, 5) is 20.1. The summed E-state index contributed by atoms with van der Waals surface area (Å²) in [6.07, 6.45) is 2.98. The lowest BCUT2D eigenvalue weighted by molar-refractivity contribution is -0.117. The highest BCUT2D eigenvalue weighted by Crippen LogP contribution is 2.40. The number of methoxy groups -OCH3 is 1. The van der Waals surface area contributed by atoms with Crippen molar-refractivity contribution in [1.82, 2.24) is 9.97 Å². The van der Waals surface area contributed by atoms with Gasteiger partial charge < -0.3 is 10.1 Å². The van der Waals surface area contributed by atoms with Gasteiger partial charge >= 0.3 is 0 Å². The van der Waals surface area contributed by atoms with Crippen molar-refractivity contribution >= 4 is 11.6 Å². The molecule has 1 amide bonds. The summed E-state index contributed by atoms with van der Waals surface area (Å²) in [5.41, 5.74) is 1.70. The molecule has 1 atom stereocenters. The minimum atomic E-state index is -0.603. The molecule has 0 saturated carbocycles. The summed E-state index contributed by atoms with van der Waals surface area (Å²) in [6.45, 7) is 1.73. The van der Waals surface area contributed by atoms with Gasteiger partial charge in [0.15, 0.2) is 5.82 Å². The van der Waals surface area contributed by atoms with E-state index >= 15 is 0 Å². The van der Waals surface area contributed by atoms with Crippen molar-refractivity contribution in [2.75, 3.05) is 12.4 Å². The Labute approximate surface area is 114 Å². The van der Waals surface area contributed by atoms with Crippen LogP contribution in [-0.4, -0.2) is 23.0 Å². The second-order valence-corrected chi connectivity index (χ2v) is 4.52. The van der Waals surface area contributed by atoms with Crippen molar-refractivity contribution in [3.05, 3.63) is 36.0 Å². The molecular formula is C14H12FN3O2. The van der Waals surface area contributed by atoms with E-state index in [4.69, 9.17) is 4.74 Å². The van der Waals surface area contributed by atoms with Crippen molar-refractivity contribution < 1.29 is 13.9 Å². The maximum absolute atomic E-state index is 14.5. The number of pyridine rings is 2. The number of fused-ring (bicyclic) bond motifs is 3. The number of carbonyl (C=O) groups excluding carboxylic acids is 1. The predicted molar refractivity (Wildman–Crippen MR) is 71.0 cm³/mol. The second kappa shape index (κ2) is 4.56. The molecule has 5 nitrogen and oxygen atoms in total. The number of aromatic nitrogens is 2. The Morgan fingerprint density at radius 1 is 1.40 bits per heavy atom. The maximum Gasteiger partial charge on any atom is 0.250 e. The van der Waals surface area contributed by atoms with Crippen LogP contribution in [0.25, 0.3) is 11.1 Å². The summed E-state index contributed by atoms with van der Waals surface area (Å²) in [5, 5.41) is 2.67. The molecule has 0 spiro atoms. The molecule has 1 aliphatic rings. The standard InChI is InChI=1S/C14H12FN3O2/c1-7-12-8(4-3-5-16-12)10-9(18-13(7)19)6-17-14(20-2)11(10)15/h3-7H,1-2H3,(H,18,19). The summed E-state index contributed by atoms with van der Waals surface area (Å²) in [6, 6.07) is 3.44. The number of amides is 1. The highest BCUT2D eigenvalue weighted by atomic mass is 19.1. The van der Waals surface area contributed by atoms with Crippen LogP contribution >= 0.6 is 0 Å². The van der Waals surface area contributed by atoms with Gasteiger partial charge in [-0.3, -0.25) is 9.78 Å². The molecular weight excluding hydrogens is 261 g/mol. The van der Waals surface area contributed by atoms with Crippen LogP contribution in [0.15, 0.2) is 24.5 Å². The van der Waals surface area contributed by atoms with E-state index < -0.39 is 11.7 Å². The van der Waals surface area contributed by atoms with Crippen LogP contribution < -0.4 is 10.1 Å². The van der Waals surface area contributed by atoms with E-state index in [1.54, 1.807) is 25.3 Å². The van der Waals surface area contributed by atoms with E-state index in [1.165, 1.54) is 13.3 Å². The average molecular weight is 273 g/mol. The summed E-state index contributed by atoms with van der Waals surface area (Å²) in [7, 11) is 1.35. The van der Waals surface area contributed by atoms with E-state index in [0.29, 0.717) is 16.9 Å². The Hall–Kier alpha value is -2.50. The third-order valence-electron chi connectivity index (χ3n) is 3.35. The van der Waals surface area contributed by atoms with Gasteiger partial charge in [-0.15, -0.1) is 0 Å². The molecule has 1 unspecified atom stereocenters. The smallest absolute Gasteiger partial charge is 0.250 e. The number of halogens is 1. The van der Waals surface area contributed by atoms with Crippen molar-refractivity contribution in [2.45, 2.75) is 12.8 Å². The van der Waals surface area contributed by atoms with Gasteiger partial charge in [-0.25, -0.2) is 9.37 Å². The minimum Gasteiger partial charge on any atom is -0.479 e. The number of ether oxygens (including phenoxy) is 1. The quantitative estimate of drug-likeness (QED) is 0.866. The Morgan fingerprint density at radius 2 is 2.20 bits per heavy atom. The van der Waals surface area contributed by atoms with Crippen molar-refractivity contribution in [3.63, 3.8) is 0 Å². The molecule has 3 rings (SSSR count). The van der Waals surface area contributed by atoms with Crippen molar-refractivity contribution in [2.24, 2.45) is 0 Å². The zero-order chi connectivity index (χ0) is 14.3. The van der Waals surface area contributed by atoms with Crippen LogP contribution in [0.4, 0.5) is 10.1 Å². The Bertz CT molecular complexity index is 703. The third kappa shape index (κ3) is 1.72. The van der Waals surface area contributed by atoms with E-state index in [9.17, 15) is 9.18 Å². The normalized spacial score (nSPS) is 16.8. The highest BCUT2D eigenvalue weighted by Gasteiger charge is 2.29. The number of hydrogen-bond donors (Lipinski definition) is 1. The molecule has 102 valence electrons. The molecule has 1 N–H and O–H groups in total. The van der Waals surface area contributed by atoms with Gasteiger partial charge in [0, 0.05) is 11.8 Å². The monoisotopic (exact) mass is 273 g/mol. The van der Waals surface area contributed by atoms with Crippen LogP contribution in [0.1, 0.15) is 18.5 Å². The molecule has 20 heavy (non-hydrogen) atoms. The molecule has 2 aromatic rings. The Balaban J connectivity index is 2.36. The number of rotatable bonds is 1. The first-order chi connectivity index (χ1) is 9.63. The number of nitrogens with one attached hydrogen (secondary N) is 1. The molecule has 0 saturated heterocycles. The van der Waals surface area contributed by atoms with Crippen LogP contribution in [0.5, 0.6) is 5.88 Å².